The number of benzene rings is 1. The number of ether oxygens (including phenoxy) is 1. The van der Waals surface area contributed by atoms with Gasteiger partial charge in [0.25, 0.3) is 0 Å². The molecule has 0 fully saturated rings. The highest BCUT2D eigenvalue weighted by Gasteiger charge is 2.31. The van der Waals surface area contributed by atoms with Crippen molar-refractivity contribution < 1.29 is 17.9 Å². The molecule has 1 aromatic rings. The third kappa shape index (κ3) is 4.06. The maximum Gasteiger partial charge on any atom is 0.309 e. The molecule has 0 saturated heterocycles. The van der Waals surface area contributed by atoms with Gasteiger partial charge in [-0.05, 0) is 19.4 Å². The topological polar surface area (TPSA) is 60.4 Å². The second kappa shape index (κ2) is 6.19. The molecule has 0 bridgehead atoms. The molecular weight excluding hydrogens is 264 g/mol. The Balaban J connectivity index is 2.89. The summed E-state index contributed by atoms with van der Waals surface area (Å²) in [6, 6.07) is 7.36. The van der Waals surface area contributed by atoms with E-state index < -0.39 is 27.0 Å². The minimum atomic E-state index is -3.39. The number of carbonyl (C=O) groups excluding carboxylic acids is 1. The summed E-state index contributed by atoms with van der Waals surface area (Å²) in [6.45, 7) is 5.04. The maximum absolute atomic E-state index is 12.3. The van der Waals surface area contributed by atoms with Crippen LogP contribution in [0.1, 0.15) is 25.0 Å². The second-order valence-electron chi connectivity index (χ2n) is 4.81. The SMILES string of the molecule is COC(=O)C(C)C(C)S(=O)(=O)Cc1cccc(C)c1. The molecule has 106 valence electrons. The highest BCUT2D eigenvalue weighted by atomic mass is 32.2. The summed E-state index contributed by atoms with van der Waals surface area (Å²) in [7, 11) is -2.12. The average molecular weight is 284 g/mol. The lowest BCUT2D eigenvalue weighted by Crippen LogP contribution is -2.32. The summed E-state index contributed by atoms with van der Waals surface area (Å²) in [5, 5.41) is -0.763. The first-order chi connectivity index (χ1) is 8.77. The molecule has 2 atom stereocenters. The van der Waals surface area contributed by atoms with Crippen LogP contribution < -0.4 is 0 Å². The lowest BCUT2D eigenvalue weighted by Gasteiger charge is -2.18. The van der Waals surface area contributed by atoms with Gasteiger partial charge in [-0.1, -0.05) is 36.8 Å². The lowest BCUT2D eigenvalue weighted by atomic mass is 10.1. The van der Waals surface area contributed by atoms with E-state index in [1.165, 1.54) is 7.11 Å². The predicted molar refractivity (Wildman–Crippen MR) is 74.4 cm³/mol. The maximum atomic E-state index is 12.3. The first-order valence-corrected chi connectivity index (χ1v) is 7.84. The summed E-state index contributed by atoms with van der Waals surface area (Å²) in [6.07, 6.45) is 0. The van der Waals surface area contributed by atoms with Crippen molar-refractivity contribution in [1.82, 2.24) is 0 Å². The molecule has 0 amide bonds. The Labute approximate surface area is 114 Å². The smallest absolute Gasteiger partial charge is 0.309 e. The van der Waals surface area contributed by atoms with Gasteiger partial charge in [0, 0.05) is 0 Å². The Hall–Kier alpha value is -1.36. The summed E-state index contributed by atoms with van der Waals surface area (Å²) < 4.78 is 29.1. The van der Waals surface area contributed by atoms with Crippen LogP contribution >= 0.6 is 0 Å². The third-order valence-electron chi connectivity index (χ3n) is 3.29. The zero-order valence-corrected chi connectivity index (χ0v) is 12.5. The van der Waals surface area contributed by atoms with Crippen molar-refractivity contribution >= 4 is 15.8 Å². The largest absolute Gasteiger partial charge is 0.469 e. The standard InChI is InChI=1S/C14H20O4S/c1-10-6-5-7-13(8-10)9-19(16,17)12(3)11(2)14(15)18-4/h5-8,11-12H,9H2,1-4H3. The van der Waals surface area contributed by atoms with E-state index in [9.17, 15) is 13.2 Å². The second-order valence-corrected chi connectivity index (χ2v) is 7.17. The van der Waals surface area contributed by atoms with Crippen LogP contribution in [0.2, 0.25) is 0 Å². The van der Waals surface area contributed by atoms with E-state index in [1.807, 2.05) is 25.1 Å². The molecule has 5 heteroatoms. The van der Waals surface area contributed by atoms with Gasteiger partial charge in [0.05, 0.1) is 24.0 Å². The Bertz CT molecular complexity index is 548. The highest BCUT2D eigenvalue weighted by molar-refractivity contribution is 7.91. The van der Waals surface area contributed by atoms with Gasteiger partial charge in [0.2, 0.25) is 0 Å². The molecule has 0 aliphatic heterocycles. The summed E-state index contributed by atoms with van der Waals surface area (Å²) in [4.78, 5) is 11.4. The molecule has 0 N–H and O–H groups in total. The zero-order valence-electron chi connectivity index (χ0n) is 11.7. The van der Waals surface area contributed by atoms with E-state index >= 15 is 0 Å². The Morgan fingerprint density at radius 2 is 1.95 bits per heavy atom. The number of sulfone groups is 1. The third-order valence-corrected chi connectivity index (χ3v) is 5.57. The Morgan fingerprint density at radius 3 is 2.47 bits per heavy atom. The van der Waals surface area contributed by atoms with Crippen LogP contribution in [0.5, 0.6) is 0 Å². The van der Waals surface area contributed by atoms with Gasteiger partial charge in [-0.2, -0.15) is 0 Å². The molecule has 0 saturated carbocycles. The zero-order chi connectivity index (χ0) is 14.6. The van der Waals surface area contributed by atoms with Crippen molar-refractivity contribution in [3.05, 3.63) is 35.4 Å². The fourth-order valence-corrected chi connectivity index (χ4v) is 3.49. The quantitative estimate of drug-likeness (QED) is 0.777. The number of esters is 1. The molecule has 0 aromatic heterocycles. The minimum Gasteiger partial charge on any atom is -0.469 e. The summed E-state index contributed by atoms with van der Waals surface area (Å²) >= 11 is 0. The van der Waals surface area contributed by atoms with E-state index in [4.69, 9.17) is 0 Å². The van der Waals surface area contributed by atoms with E-state index in [1.54, 1.807) is 19.9 Å². The van der Waals surface area contributed by atoms with Crippen molar-refractivity contribution in [2.75, 3.05) is 7.11 Å². The highest BCUT2D eigenvalue weighted by Crippen LogP contribution is 2.19. The lowest BCUT2D eigenvalue weighted by molar-refractivity contribution is -0.144. The van der Waals surface area contributed by atoms with Gasteiger partial charge in [-0.25, -0.2) is 8.42 Å². The molecule has 0 aliphatic carbocycles. The fraction of sp³-hybridized carbons (Fsp3) is 0.500. The summed E-state index contributed by atoms with van der Waals surface area (Å²) in [5.74, 6) is -1.22. The Kier molecular flexibility index (Phi) is 5.11. The fourth-order valence-electron chi connectivity index (χ4n) is 1.85. The van der Waals surface area contributed by atoms with Crippen molar-refractivity contribution in [2.24, 2.45) is 5.92 Å². The number of hydrogen-bond donors (Lipinski definition) is 0. The van der Waals surface area contributed by atoms with Crippen LogP contribution in [-0.4, -0.2) is 26.7 Å². The summed E-state index contributed by atoms with van der Waals surface area (Å²) in [5.41, 5.74) is 1.75. The van der Waals surface area contributed by atoms with Gasteiger partial charge in [0.15, 0.2) is 9.84 Å². The molecule has 2 unspecified atom stereocenters. The van der Waals surface area contributed by atoms with Crippen LogP contribution in [0, 0.1) is 12.8 Å². The molecule has 1 aromatic carbocycles. The van der Waals surface area contributed by atoms with Crippen LogP contribution in [0.4, 0.5) is 0 Å². The molecule has 0 spiro atoms. The number of carbonyl (C=O) groups is 1. The van der Waals surface area contributed by atoms with Crippen molar-refractivity contribution in [1.29, 1.82) is 0 Å². The number of methoxy groups -OCH3 is 1. The first-order valence-electron chi connectivity index (χ1n) is 6.13. The normalized spacial score (nSPS) is 14.7. The van der Waals surface area contributed by atoms with Crippen molar-refractivity contribution in [3.8, 4) is 0 Å². The first kappa shape index (κ1) is 15.7. The van der Waals surface area contributed by atoms with Crippen molar-refractivity contribution in [3.63, 3.8) is 0 Å². The molecule has 4 nitrogen and oxygen atoms in total. The monoisotopic (exact) mass is 284 g/mol. The van der Waals surface area contributed by atoms with Gasteiger partial charge in [-0.15, -0.1) is 0 Å². The van der Waals surface area contributed by atoms with Crippen LogP contribution in [0.3, 0.4) is 0 Å². The van der Waals surface area contributed by atoms with Gasteiger partial charge in [0.1, 0.15) is 0 Å². The molecule has 0 radical (unpaired) electrons. The number of aryl methyl sites for hydroxylation is 1. The van der Waals surface area contributed by atoms with E-state index in [-0.39, 0.29) is 5.75 Å². The van der Waals surface area contributed by atoms with Crippen molar-refractivity contribution in [2.45, 2.75) is 31.8 Å². The molecular formula is C14H20O4S. The molecule has 0 aliphatic rings. The molecule has 19 heavy (non-hydrogen) atoms. The van der Waals surface area contributed by atoms with Gasteiger partial charge in [-0.3, -0.25) is 4.79 Å². The van der Waals surface area contributed by atoms with E-state index in [0.29, 0.717) is 0 Å². The molecule has 0 heterocycles. The van der Waals surface area contributed by atoms with Gasteiger partial charge < -0.3 is 4.74 Å². The van der Waals surface area contributed by atoms with E-state index in [0.717, 1.165) is 11.1 Å². The van der Waals surface area contributed by atoms with Crippen LogP contribution in [-0.2, 0) is 25.1 Å². The Morgan fingerprint density at radius 1 is 1.32 bits per heavy atom. The minimum absolute atomic E-state index is 0.0584. The van der Waals surface area contributed by atoms with E-state index in [2.05, 4.69) is 4.74 Å². The average Bonchev–Trinajstić information content (AvgIpc) is 2.35. The number of rotatable bonds is 5. The predicted octanol–water partition coefficient (Wildman–Crippen LogP) is 2.11. The molecule has 1 rings (SSSR count). The van der Waals surface area contributed by atoms with Crippen LogP contribution in [0.15, 0.2) is 24.3 Å². The van der Waals surface area contributed by atoms with Gasteiger partial charge >= 0.3 is 5.97 Å². The number of hydrogen-bond acceptors (Lipinski definition) is 4. The van der Waals surface area contributed by atoms with Crippen LogP contribution in [0.25, 0.3) is 0 Å².